The molecule has 0 atom stereocenters. The number of hydrogen-bond donors (Lipinski definition) is 0. The van der Waals surface area contributed by atoms with Crippen molar-refractivity contribution in [1.82, 2.24) is 19.6 Å². The van der Waals surface area contributed by atoms with Gasteiger partial charge in [0.25, 0.3) is 5.89 Å². The molecule has 0 amide bonds. The topological polar surface area (TPSA) is 56.2 Å². The molecule has 24 heavy (non-hydrogen) atoms. The third kappa shape index (κ3) is 2.60. The van der Waals surface area contributed by atoms with Crippen molar-refractivity contribution >= 4 is 21.6 Å². The SMILES string of the molecule is Cc1nc2ccccn2c1-c1nnc(Cc2ccc(F)c(Br)c2)o1. The molecule has 5 nitrogen and oxygen atoms in total. The Hall–Kier alpha value is -2.54. The van der Waals surface area contributed by atoms with Crippen LogP contribution in [0.5, 0.6) is 0 Å². The second kappa shape index (κ2) is 5.83. The van der Waals surface area contributed by atoms with Crippen LogP contribution in [0.1, 0.15) is 17.1 Å². The molecule has 3 heterocycles. The average molecular weight is 387 g/mol. The Labute approximate surface area is 145 Å². The summed E-state index contributed by atoms with van der Waals surface area (Å²) in [5.74, 6) is 0.586. The lowest BCUT2D eigenvalue weighted by Crippen LogP contribution is -1.89. The molecule has 4 aromatic rings. The summed E-state index contributed by atoms with van der Waals surface area (Å²) in [6, 6.07) is 10.6. The summed E-state index contributed by atoms with van der Waals surface area (Å²) in [6.07, 6.45) is 2.34. The fraction of sp³-hybridized carbons (Fsp3) is 0.118. The van der Waals surface area contributed by atoms with Gasteiger partial charge in [0.15, 0.2) is 0 Å². The zero-order valence-corrected chi connectivity index (χ0v) is 14.3. The minimum atomic E-state index is -0.300. The molecule has 0 saturated carbocycles. The van der Waals surface area contributed by atoms with Gasteiger partial charge >= 0.3 is 0 Å². The van der Waals surface area contributed by atoms with E-state index in [0.717, 1.165) is 22.6 Å². The molecule has 0 N–H and O–H groups in total. The first-order chi connectivity index (χ1) is 11.6. The van der Waals surface area contributed by atoms with Crippen molar-refractivity contribution in [1.29, 1.82) is 0 Å². The summed E-state index contributed by atoms with van der Waals surface area (Å²) in [5.41, 5.74) is 3.31. The molecular weight excluding hydrogens is 375 g/mol. The number of nitrogens with zero attached hydrogens (tertiary/aromatic N) is 4. The second-order valence-electron chi connectivity index (χ2n) is 5.40. The highest BCUT2D eigenvalue weighted by molar-refractivity contribution is 9.10. The van der Waals surface area contributed by atoms with E-state index >= 15 is 0 Å². The third-order valence-corrected chi connectivity index (χ3v) is 4.32. The number of aromatic nitrogens is 4. The molecule has 1 aromatic carbocycles. The number of aryl methyl sites for hydroxylation is 1. The maximum atomic E-state index is 13.3. The van der Waals surface area contributed by atoms with E-state index in [1.54, 1.807) is 12.1 Å². The van der Waals surface area contributed by atoms with Crippen LogP contribution in [0.3, 0.4) is 0 Å². The Kier molecular flexibility index (Phi) is 3.65. The zero-order valence-electron chi connectivity index (χ0n) is 12.7. The molecule has 0 aliphatic carbocycles. The molecule has 0 radical (unpaired) electrons. The summed E-state index contributed by atoms with van der Waals surface area (Å²) in [4.78, 5) is 4.49. The molecule has 0 spiro atoms. The Bertz CT molecular complexity index is 1040. The third-order valence-electron chi connectivity index (χ3n) is 3.71. The number of halogens is 2. The molecule has 7 heteroatoms. The van der Waals surface area contributed by atoms with Gasteiger partial charge in [-0.2, -0.15) is 0 Å². The van der Waals surface area contributed by atoms with Crippen molar-refractivity contribution in [3.05, 3.63) is 70.0 Å². The van der Waals surface area contributed by atoms with Gasteiger partial charge in [-0.1, -0.05) is 12.1 Å². The Morgan fingerprint density at radius 2 is 2.08 bits per heavy atom. The van der Waals surface area contributed by atoms with Gasteiger partial charge in [0.05, 0.1) is 16.6 Å². The molecular formula is C17H12BrFN4O. The van der Waals surface area contributed by atoms with Crippen LogP contribution >= 0.6 is 15.9 Å². The molecule has 0 aliphatic rings. The van der Waals surface area contributed by atoms with Crippen molar-refractivity contribution in [3.63, 3.8) is 0 Å². The smallest absolute Gasteiger partial charge is 0.266 e. The van der Waals surface area contributed by atoms with Gasteiger partial charge < -0.3 is 4.42 Å². The largest absolute Gasteiger partial charge is 0.419 e. The zero-order chi connectivity index (χ0) is 16.7. The molecule has 0 aliphatic heterocycles. The first-order valence-electron chi connectivity index (χ1n) is 7.32. The van der Waals surface area contributed by atoms with Crippen molar-refractivity contribution in [2.45, 2.75) is 13.3 Å². The van der Waals surface area contributed by atoms with E-state index in [1.165, 1.54) is 6.07 Å². The van der Waals surface area contributed by atoms with Crippen molar-refractivity contribution in [2.75, 3.05) is 0 Å². The van der Waals surface area contributed by atoms with Gasteiger partial charge in [-0.05, 0) is 52.7 Å². The van der Waals surface area contributed by atoms with E-state index < -0.39 is 0 Å². The number of fused-ring (bicyclic) bond motifs is 1. The standard InChI is InChI=1S/C17H12BrFN4O/c1-10-16(23-7-3-2-4-14(23)20-10)17-22-21-15(24-17)9-11-5-6-13(19)12(18)8-11/h2-8H,9H2,1H3. The number of imidazole rings is 1. The summed E-state index contributed by atoms with van der Waals surface area (Å²) in [5, 5.41) is 8.24. The number of hydrogen-bond acceptors (Lipinski definition) is 4. The lowest BCUT2D eigenvalue weighted by molar-refractivity contribution is 0.515. The average Bonchev–Trinajstić information content (AvgIpc) is 3.14. The van der Waals surface area contributed by atoms with E-state index in [9.17, 15) is 4.39 Å². The minimum absolute atomic E-state index is 0.300. The molecule has 0 saturated heterocycles. The Morgan fingerprint density at radius 3 is 2.92 bits per heavy atom. The van der Waals surface area contributed by atoms with Crippen LogP contribution < -0.4 is 0 Å². The van der Waals surface area contributed by atoms with Gasteiger partial charge in [0.1, 0.15) is 17.2 Å². The highest BCUT2D eigenvalue weighted by atomic mass is 79.9. The fourth-order valence-electron chi connectivity index (χ4n) is 2.62. The number of pyridine rings is 1. The summed E-state index contributed by atoms with van der Waals surface area (Å²) in [6.45, 7) is 1.91. The molecule has 4 rings (SSSR count). The molecule has 120 valence electrons. The van der Waals surface area contributed by atoms with Crippen LogP contribution in [0.2, 0.25) is 0 Å². The number of benzene rings is 1. The molecule has 0 bridgehead atoms. The first-order valence-corrected chi connectivity index (χ1v) is 8.11. The maximum Gasteiger partial charge on any atom is 0.266 e. The normalized spacial score (nSPS) is 11.3. The second-order valence-corrected chi connectivity index (χ2v) is 6.26. The van der Waals surface area contributed by atoms with Crippen molar-refractivity contribution < 1.29 is 8.81 Å². The van der Waals surface area contributed by atoms with E-state index in [4.69, 9.17) is 4.42 Å². The van der Waals surface area contributed by atoms with Crippen molar-refractivity contribution in [2.24, 2.45) is 0 Å². The van der Waals surface area contributed by atoms with Gasteiger partial charge in [-0.25, -0.2) is 9.37 Å². The van der Waals surface area contributed by atoms with Crippen LogP contribution in [0.4, 0.5) is 4.39 Å². The molecule has 3 aromatic heterocycles. The van der Waals surface area contributed by atoms with Crippen LogP contribution in [-0.2, 0) is 6.42 Å². The highest BCUT2D eigenvalue weighted by Gasteiger charge is 2.17. The summed E-state index contributed by atoms with van der Waals surface area (Å²) in [7, 11) is 0. The van der Waals surface area contributed by atoms with Crippen LogP contribution in [0.15, 0.2) is 51.5 Å². The lowest BCUT2D eigenvalue weighted by Gasteiger charge is -1.99. The van der Waals surface area contributed by atoms with E-state index in [1.807, 2.05) is 35.7 Å². The van der Waals surface area contributed by atoms with E-state index in [0.29, 0.717) is 22.7 Å². The Morgan fingerprint density at radius 1 is 1.21 bits per heavy atom. The van der Waals surface area contributed by atoms with Gasteiger partial charge in [-0.15, -0.1) is 10.2 Å². The fourth-order valence-corrected chi connectivity index (χ4v) is 3.04. The lowest BCUT2D eigenvalue weighted by atomic mass is 10.1. The maximum absolute atomic E-state index is 13.3. The van der Waals surface area contributed by atoms with Crippen LogP contribution in [0.25, 0.3) is 17.2 Å². The Balaban J connectivity index is 1.69. The van der Waals surface area contributed by atoms with Crippen LogP contribution in [0, 0.1) is 12.7 Å². The van der Waals surface area contributed by atoms with Gasteiger partial charge in [0, 0.05) is 6.20 Å². The number of rotatable bonds is 3. The van der Waals surface area contributed by atoms with E-state index in [-0.39, 0.29) is 5.82 Å². The predicted molar refractivity (Wildman–Crippen MR) is 90.1 cm³/mol. The summed E-state index contributed by atoms with van der Waals surface area (Å²) >= 11 is 3.18. The highest BCUT2D eigenvalue weighted by Crippen LogP contribution is 2.25. The molecule has 0 fully saturated rings. The van der Waals surface area contributed by atoms with E-state index in [2.05, 4.69) is 31.1 Å². The summed E-state index contributed by atoms with van der Waals surface area (Å²) < 4.78 is 21.4. The predicted octanol–water partition coefficient (Wildman–Crippen LogP) is 4.19. The first kappa shape index (κ1) is 15.0. The van der Waals surface area contributed by atoms with Crippen molar-refractivity contribution in [3.8, 4) is 11.6 Å². The van der Waals surface area contributed by atoms with Gasteiger partial charge in [-0.3, -0.25) is 4.40 Å². The van der Waals surface area contributed by atoms with Gasteiger partial charge in [0.2, 0.25) is 5.89 Å². The van der Waals surface area contributed by atoms with Crippen LogP contribution in [-0.4, -0.2) is 19.6 Å². The minimum Gasteiger partial charge on any atom is -0.419 e. The monoisotopic (exact) mass is 386 g/mol. The quantitative estimate of drug-likeness (QED) is 0.529. The molecule has 0 unspecified atom stereocenters.